The Morgan fingerprint density at radius 3 is 2.62 bits per heavy atom. The fourth-order valence-corrected chi connectivity index (χ4v) is 2.75. The molecule has 0 aromatic carbocycles. The molecule has 3 nitrogen and oxygen atoms in total. The van der Waals surface area contributed by atoms with Gasteiger partial charge in [-0.15, -0.1) is 0 Å². The minimum Gasteiger partial charge on any atom is -0.316 e. The molecule has 0 radical (unpaired) electrons. The van der Waals surface area contributed by atoms with Gasteiger partial charge >= 0.3 is 0 Å². The average Bonchev–Trinajstić information content (AvgIpc) is 2.56. The van der Waals surface area contributed by atoms with Gasteiger partial charge in [0.2, 0.25) is 0 Å². The van der Waals surface area contributed by atoms with Crippen molar-refractivity contribution < 1.29 is 0 Å². The minimum atomic E-state index is 0.427. The lowest BCUT2D eigenvalue weighted by atomic mass is 9.92. The summed E-state index contributed by atoms with van der Waals surface area (Å²) in [5, 5.41) is 3.45. The Kier molecular flexibility index (Phi) is 5.72. The smallest absolute Gasteiger partial charge is 0.170 e. The average molecular weight is 259 g/mol. The zero-order valence-electron chi connectivity index (χ0n) is 10.5. The first-order chi connectivity index (χ1) is 7.47. The van der Waals surface area contributed by atoms with Crippen molar-refractivity contribution in [3.05, 3.63) is 5.82 Å². The highest BCUT2D eigenvalue weighted by atomic mass is 32.2. The quantitative estimate of drug-likeness (QED) is 0.629. The summed E-state index contributed by atoms with van der Waals surface area (Å²) in [5.41, 5.74) is 0.427. The van der Waals surface area contributed by atoms with Crippen LogP contribution < -0.4 is 5.32 Å². The van der Waals surface area contributed by atoms with Crippen molar-refractivity contribution in [3.63, 3.8) is 0 Å². The molecule has 0 unspecified atom stereocenters. The van der Waals surface area contributed by atoms with Crippen molar-refractivity contribution in [1.82, 2.24) is 14.7 Å². The van der Waals surface area contributed by atoms with E-state index in [4.69, 9.17) is 0 Å². The van der Waals surface area contributed by atoms with Crippen LogP contribution in [0, 0.1) is 12.3 Å². The van der Waals surface area contributed by atoms with Gasteiger partial charge in [0.15, 0.2) is 4.34 Å². The molecule has 0 aliphatic heterocycles. The molecule has 92 valence electrons. The van der Waals surface area contributed by atoms with E-state index in [-0.39, 0.29) is 0 Å². The number of aromatic nitrogens is 2. The monoisotopic (exact) mass is 259 g/mol. The highest BCUT2D eigenvalue weighted by Gasteiger charge is 2.08. The molecule has 1 aromatic rings. The maximum Gasteiger partial charge on any atom is 0.170 e. The lowest BCUT2D eigenvalue weighted by molar-refractivity contribution is 0.369. The highest BCUT2D eigenvalue weighted by molar-refractivity contribution is 8.00. The number of nitrogens with one attached hydrogen (secondary N) is 1. The van der Waals surface area contributed by atoms with Crippen LogP contribution in [0.15, 0.2) is 4.34 Å². The third-order valence-electron chi connectivity index (χ3n) is 2.07. The highest BCUT2D eigenvalue weighted by Crippen LogP contribution is 2.19. The van der Waals surface area contributed by atoms with Crippen molar-refractivity contribution in [3.8, 4) is 0 Å². The first kappa shape index (κ1) is 13.9. The van der Waals surface area contributed by atoms with Crippen LogP contribution in [-0.2, 0) is 0 Å². The van der Waals surface area contributed by atoms with E-state index in [0.29, 0.717) is 5.41 Å². The molecule has 0 fully saturated rings. The third kappa shape index (κ3) is 6.45. The van der Waals surface area contributed by atoms with Gasteiger partial charge in [-0.3, -0.25) is 0 Å². The van der Waals surface area contributed by atoms with E-state index in [1.165, 1.54) is 18.0 Å². The van der Waals surface area contributed by atoms with Crippen LogP contribution in [0.2, 0.25) is 0 Å². The van der Waals surface area contributed by atoms with Crippen LogP contribution in [0.1, 0.15) is 33.0 Å². The molecule has 0 amide bonds. The van der Waals surface area contributed by atoms with Gasteiger partial charge in [-0.05, 0) is 36.8 Å². The third-order valence-corrected chi connectivity index (χ3v) is 3.99. The lowest BCUT2D eigenvalue weighted by Crippen LogP contribution is -2.22. The number of hydrogen-bond donors (Lipinski definition) is 1. The molecule has 0 saturated heterocycles. The van der Waals surface area contributed by atoms with Crippen molar-refractivity contribution in [2.45, 2.75) is 38.5 Å². The first-order valence-corrected chi connectivity index (χ1v) is 7.37. The van der Waals surface area contributed by atoms with E-state index in [1.54, 1.807) is 11.8 Å². The second-order valence-corrected chi connectivity index (χ2v) is 7.11. The van der Waals surface area contributed by atoms with Gasteiger partial charge in [0.1, 0.15) is 5.82 Å². The number of thioether (sulfide) groups is 1. The van der Waals surface area contributed by atoms with E-state index < -0.39 is 0 Å². The Bertz CT molecular complexity index is 304. The molecule has 0 bridgehead atoms. The van der Waals surface area contributed by atoms with Gasteiger partial charge in [-0.2, -0.15) is 4.37 Å². The maximum atomic E-state index is 4.31. The van der Waals surface area contributed by atoms with Gasteiger partial charge in [0, 0.05) is 12.3 Å². The molecule has 0 spiro atoms. The van der Waals surface area contributed by atoms with Gasteiger partial charge in [0.05, 0.1) is 0 Å². The Balaban J connectivity index is 2.00. The summed E-state index contributed by atoms with van der Waals surface area (Å²) >= 11 is 3.27. The summed E-state index contributed by atoms with van der Waals surface area (Å²) in [4.78, 5) is 4.31. The summed E-state index contributed by atoms with van der Waals surface area (Å²) in [6.45, 7) is 10.9. The van der Waals surface area contributed by atoms with Gasteiger partial charge in [-0.25, -0.2) is 4.98 Å². The number of rotatable bonds is 6. The second-order valence-electron chi connectivity index (χ2n) is 5.02. The molecular weight excluding hydrogens is 238 g/mol. The van der Waals surface area contributed by atoms with Crippen LogP contribution in [0.4, 0.5) is 0 Å². The second kappa shape index (κ2) is 6.57. The molecular formula is C11H21N3S2. The predicted octanol–water partition coefficient (Wildman–Crippen LogP) is 2.96. The molecule has 0 aliphatic rings. The zero-order chi connectivity index (χ0) is 12.0. The number of aryl methyl sites for hydroxylation is 1. The summed E-state index contributed by atoms with van der Waals surface area (Å²) in [6, 6.07) is 0. The van der Waals surface area contributed by atoms with E-state index >= 15 is 0 Å². The SMILES string of the molecule is Cc1nsc(SCCNCCC(C)(C)C)n1. The fraction of sp³-hybridized carbons (Fsp3) is 0.818. The molecule has 0 saturated carbocycles. The van der Waals surface area contributed by atoms with Crippen molar-refractivity contribution in [2.24, 2.45) is 5.41 Å². The zero-order valence-corrected chi connectivity index (χ0v) is 12.2. The Morgan fingerprint density at radius 1 is 1.31 bits per heavy atom. The van der Waals surface area contributed by atoms with Gasteiger partial charge < -0.3 is 5.32 Å². The molecule has 0 aliphatic carbocycles. The summed E-state index contributed by atoms with van der Waals surface area (Å²) < 4.78 is 5.23. The van der Waals surface area contributed by atoms with Crippen molar-refractivity contribution in [1.29, 1.82) is 0 Å². The van der Waals surface area contributed by atoms with Crippen LogP contribution >= 0.6 is 23.3 Å². The number of nitrogens with zero attached hydrogens (tertiary/aromatic N) is 2. The largest absolute Gasteiger partial charge is 0.316 e. The summed E-state index contributed by atoms with van der Waals surface area (Å²) in [7, 11) is 0. The van der Waals surface area contributed by atoms with Crippen LogP contribution in [0.5, 0.6) is 0 Å². The molecule has 1 N–H and O–H groups in total. The topological polar surface area (TPSA) is 37.8 Å². The number of hydrogen-bond acceptors (Lipinski definition) is 5. The Labute approximate surface area is 107 Å². The van der Waals surface area contributed by atoms with Crippen LogP contribution in [-0.4, -0.2) is 28.2 Å². The first-order valence-electron chi connectivity index (χ1n) is 5.61. The lowest BCUT2D eigenvalue weighted by Gasteiger charge is -2.17. The van der Waals surface area contributed by atoms with Gasteiger partial charge in [-0.1, -0.05) is 32.5 Å². The normalized spacial score (nSPS) is 12.0. The standard InChI is InChI=1S/C11H21N3S2/c1-9-13-10(16-14-9)15-8-7-12-6-5-11(2,3)4/h12H,5-8H2,1-4H3. The molecule has 16 heavy (non-hydrogen) atoms. The molecule has 1 rings (SSSR count). The molecule has 1 aromatic heterocycles. The van der Waals surface area contributed by atoms with E-state index in [9.17, 15) is 0 Å². The maximum absolute atomic E-state index is 4.31. The molecule has 5 heteroatoms. The Hall–Kier alpha value is -0.130. The fourth-order valence-electron chi connectivity index (χ4n) is 1.14. The molecule has 1 heterocycles. The van der Waals surface area contributed by atoms with Crippen molar-refractivity contribution >= 4 is 23.3 Å². The van der Waals surface area contributed by atoms with Crippen LogP contribution in [0.3, 0.4) is 0 Å². The van der Waals surface area contributed by atoms with E-state index in [0.717, 1.165) is 29.0 Å². The van der Waals surface area contributed by atoms with E-state index in [2.05, 4.69) is 35.4 Å². The Morgan fingerprint density at radius 2 is 2.06 bits per heavy atom. The van der Waals surface area contributed by atoms with Crippen LogP contribution in [0.25, 0.3) is 0 Å². The van der Waals surface area contributed by atoms with E-state index in [1.807, 2.05) is 6.92 Å². The minimum absolute atomic E-state index is 0.427. The summed E-state index contributed by atoms with van der Waals surface area (Å²) in [6.07, 6.45) is 1.22. The molecule has 0 atom stereocenters. The van der Waals surface area contributed by atoms with Crippen molar-refractivity contribution in [2.75, 3.05) is 18.8 Å². The predicted molar refractivity (Wildman–Crippen MR) is 72.3 cm³/mol. The van der Waals surface area contributed by atoms with Gasteiger partial charge in [0.25, 0.3) is 0 Å². The summed E-state index contributed by atoms with van der Waals surface area (Å²) in [5.74, 6) is 1.95.